The molecule has 0 radical (unpaired) electrons. The lowest BCUT2D eigenvalue weighted by molar-refractivity contribution is 0.0195. The number of aromatic nitrogens is 4. The van der Waals surface area contributed by atoms with Gasteiger partial charge in [-0.2, -0.15) is 10.4 Å². The van der Waals surface area contributed by atoms with Crippen LogP contribution in [0.1, 0.15) is 49.6 Å². The Kier molecular flexibility index (Phi) is 7.04. The fraction of sp³-hybridized carbons (Fsp3) is 0.400. The van der Waals surface area contributed by atoms with Crippen molar-refractivity contribution in [1.82, 2.24) is 29.5 Å². The van der Waals surface area contributed by atoms with Crippen molar-refractivity contribution in [3.63, 3.8) is 0 Å². The van der Waals surface area contributed by atoms with Gasteiger partial charge >= 0.3 is 6.09 Å². The molecule has 3 aromatic rings. The predicted molar refractivity (Wildman–Crippen MR) is 133 cm³/mol. The highest BCUT2D eigenvalue weighted by Gasteiger charge is 2.28. The summed E-state index contributed by atoms with van der Waals surface area (Å²) in [5, 5.41) is 16.9. The number of nitriles is 1. The van der Waals surface area contributed by atoms with Crippen LogP contribution in [0, 0.1) is 11.3 Å². The van der Waals surface area contributed by atoms with E-state index in [4.69, 9.17) is 21.6 Å². The molecular weight excluding hydrogens is 482 g/mol. The summed E-state index contributed by atoms with van der Waals surface area (Å²) < 4.78 is 9.08. The average molecular weight is 510 g/mol. The van der Waals surface area contributed by atoms with E-state index in [2.05, 4.69) is 15.4 Å². The second kappa shape index (κ2) is 10.0. The molecule has 1 N–H and O–H groups in total. The molecule has 2 aromatic heterocycles. The number of imidazole rings is 1. The second-order valence-corrected chi connectivity index (χ2v) is 10.1. The Labute approximate surface area is 214 Å². The van der Waals surface area contributed by atoms with Crippen LogP contribution in [-0.2, 0) is 24.4 Å². The Morgan fingerprint density at radius 3 is 2.75 bits per heavy atom. The quantitative estimate of drug-likeness (QED) is 0.558. The first-order valence-electron chi connectivity index (χ1n) is 11.6. The summed E-state index contributed by atoms with van der Waals surface area (Å²) in [6.07, 6.45) is 3.15. The maximum atomic E-state index is 12.8. The molecule has 1 unspecified atom stereocenters. The van der Waals surface area contributed by atoms with Gasteiger partial charge in [0.25, 0.3) is 5.91 Å². The zero-order valence-electron chi connectivity index (χ0n) is 20.7. The van der Waals surface area contributed by atoms with Gasteiger partial charge in [-0.15, -0.1) is 0 Å². The largest absolute Gasteiger partial charge is 0.444 e. The molecule has 1 aliphatic heterocycles. The molecule has 3 heterocycles. The van der Waals surface area contributed by atoms with Gasteiger partial charge in [-0.05, 0) is 45.9 Å². The molecule has 2 amide bonds. The van der Waals surface area contributed by atoms with Crippen molar-refractivity contribution < 1.29 is 14.3 Å². The molecule has 1 atom stereocenters. The van der Waals surface area contributed by atoms with Gasteiger partial charge in [-0.25, -0.2) is 9.78 Å². The van der Waals surface area contributed by atoms with Crippen molar-refractivity contribution in [3.8, 4) is 17.3 Å². The number of carbonyl (C=O) groups excluding carboxylic acids is 2. The van der Waals surface area contributed by atoms with Crippen LogP contribution in [0.3, 0.4) is 0 Å². The Morgan fingerprint density at radius 1 is 1.28 bits per heavy atom. The van der Waals surface area contributed by atoms with Crippen LogP contribution in [0.2, 0.25) is 5.02 Å². The SMILES string of the molecule is CC(Cn1ccc(-c2ccc(C#N)c(Cl)c2)n1)NC(=O)c1cn2c(n1)CN(C(=O)OC(C)(C)C)CC2. The van der Waals surface area contributed by atoms with Gasteiger partial charge in [0.05, 0.1) is 29.4 Å². The van der Waals surface area contributed by atoms with Gasteiger partial charge in [0.1, 0.15) is 23.2 Å². The lowest BCUT2D eigenvalue weighted by atomic mass is 10.1. The molecule has 0 saturated carbocycles. The molecule has 36 heavy (non-hydrogen) atoms. The number of carbonyl (C=O) groups is 2. The maximum Gasteiger partial charge on any atom is 0.410 e. The number of benzene rings is 1. The van der Waals surface area contributed by atoms with Crippen LogP contribution in [0.5, 0.6) is 0 Å². The second-order valence-electron chi connectivity index (χ2n) is 9.74. The van der Waals surface area contributed by atoms with Crippen LogP contribution >= 0.6 is 11.6 Å². The summed E-state index contributed by atoms with van der Waals surface area (Å²) in [5.41, 5.74) is 1.66. The van der Waals surface area contributed by atoms with Crippen molar-refractivity contribution in [3.05, 3.63) is 58.8 Å². The molecule has 11 heteroatoms. The van der Waals surface area contributed by atoms with E-state index in [9.17, 15) is 9.59 Å². The van der Waals surface area contributed by atoms with Gasteiger partial charge < -0.3 is 14.6 Å². The van der Waals surface area contributed by atoms with Crippen LogP contribution in [0.15, 0.2) is 36.7 Å². The van der Waals surface area contributed by atoms with Gasteiger partial charge in [-0.3, -0.25) is 14.4 Å². The monoisotopic (exact) mass is 509 g/mol. The van der Waals surface area contributed by atoms with Crippen molar-refractivity contribution >= 4 is 23.6 Å². The summed E-state index contributed by atoms with van der Waals surface area (Å²) in [6.45, 7) is 9.13. The van der Waals surface area contributed by atoms with Crippen molar-refractivity contribution in [2.24, 2.45) is 0 Å². The van der Waals surface area contributed by atoms with Gasteiger partial charge in [0.2, 0.25) is 0 Å². The third-order valence-corrected chi connectivity index (χ3v) is 5.86. The van der Waals surface area contributed by atoms with Crippen LogP contribution in [0.25, 0.3) is 11.3 Å². The fourth-order valence-electron chi connectivity index (χ4n) is 3.85. The average Bonchev–Trinajstić information content (AvgIpc) is 3.44. The lowest BCUT2D eigenvalue weighted by Gasteiger charge is -2.30. The number of amides is 2. The first-order valence-corrected chi connectivity index (χ1v) is 12.0. The summed E-state index contributed by atoms with van der Waals surface area (Å²) >= 11 is 6.13. The van der Waals surface area contributed by atoms with Crippen molar-refractivity contribution in [2.75, 3.05) is 6.54 Å². The molecule has 0 fully saturated rings. The molecular formula is C25H28ClN7O3. The molecule has 10 nitrogen and oxygen atoms in total. The molecule has 0 saturated heterocycles. The van der Waals surface area contributed by atoms with Crippen LogP contribution in [-0.4, -0.2) is 54.4 Å². The highest BCUT2D eigenvalue weighted by Crippen LogP contribution is 2.24. The van der Waals surface area contributed by atoms with E-state index in [1.165, 1.54) is 0 Å². The summed E-state index contributed by atoms with van der Waals surface area (Å²) in [5.74, 6) is 0.349. The predicted octanol–water partition coefficient (Wildman–Crippen LogP) is 3.84. The number of nitrogens with one attached hydrogen (secondary N) is 1. The summed E-state index contributed by atoms with van der Waals surface area (Å²) in [6, 6.07) is 8.85. The minimum Gasteiger partial charge on any atom is -0.444 e. The van der Waals surface area contributed by atoms with E-state index in [0.717, 1.165) is 11.3 Å². The van der Waals surface area contributed by atoms with Crippen LogP contribution < -0.4 is 5.32 Å². The molecule has 4 rings (SSSR count). The smallest absolute Gasteiger partial charge is 0.410 e. The Bertz CT molecular complexity index is 1330. The highest BCUT2D eigenvalue weighted by atomic mass is 35.5. The Hall–Kier alpha value is -3.84. The number of ether oxygens (including phenoxy) is 1. The molecule has 0 bridgehead atoms. The topological polar surface area (TPSA) is 118 Å². The third kappa shape index (κ3) is 5.86. The van der Waals surface area contributed by atoms with Gasteiger partial charge in [0, 0.05) is 37.1 Å². The molecule has 0 aliphatic carbocycles. The molecule has 1 aromatic carbocycles. The van der Waals surface area contributed by atoms with E-state index in [1.54, 1.807) is 34.0 Å². The van der Waals surface area contributed by atoms with Crippen molar-refractivity contribution in [1.29, 1.82) is 5.26 Å². The van der Waals surface area contributed by atoms with Gasteiger partial charge in [-0.1, -0.05) is 17.7 Å². The number of halogens is 1. The minimum atomic E-state index is -0.574. The normalized spacial score (nSPS) is 14.1. The molecule has 0 spiro atoms. The van der Waals surface area contributed by atoms with Crippen LogP contribution in [0.4, 0.5) is 4.79 Å². The van der Waals surface area contributed by atoms with E-state index in [-0.39, 0.29) is 18.5 Å². The number of hydrogen-bond donors (Lipinski definition) is 1. The highest BCUT2D eigenvalue weighted by molar-refractivity contribution is 6.32. The summed E-state index contributed by atoms with van der Waals surface area (Å²) in [4.78, 5) is 31.2. The first kappa shape index (κ1) is 25.3. The van der Waals surface area contributed by atoms with Gasteiger partial charge in [0.15, 0.2) is 0 Å². The number of nitrogens with zero attached hydrogens (tertiary/aromatic N) is 6. The first-order chi connectivity index (χ1) is 17.0. The lowest BCUT2D eigenvalue weighted by Crippen LogP contribution is -2.41. The van der Waals surface area contributed by atoms with E-state index < -0.39 is 11.7 Å². The summed E-state index contributed by atoms with van der Waals surface area (Å²) in [7, 11) is 0. The Morgan fingerprint density at radius 2 is 2.06 bits per heavy atom. The van der Waals surface area contributed by atoms with E-state index in [1.807, 2.05) is 50.6 Å². The fourth-order valence-corrected chi connectivity index (χ4v) is 4.07. The Balaban J connectivity index is 1.35. The zero-order chi connectivity index (χ0) is 26.0. The van der Waals surface area contributed by atoms with Crippen molar-refractivity contribution in [2.45, 2.75) is 59.0 Å². The number of fused-ring (bicyclic) bond motifs is 1. The zero-order valence-corrected chi connectivity index (χ0v) is 21.4. The van der Waals surface area contributed by atoms with E-state index in [0.29, 0.717) is 41.7 Å². The standard InChI is InChI=1S/C25H28ClN7O3/c1-16(13-33-8-7-20(30-33)17-5-6-18(12-27)19(26)11-17)28-23(34)21-14-31-9-10-32(15-22(31)29-21)24(35)36-25(2,3)4/h5-8,11,14,16H,9-10,13,15H2,1-4H3,(H,28,34). The molecule has 188 valence electrons. The number of hydrogen-bond acceptors (Lipinski definition) is 6. The van der Waals surface area contributed by atoms with E-state index >= 15 is 0 Å². The number of rotatable bonds is 5. The molecule has 1 aliphatic rings. The maximum absolute atomic E-state index is 12.8. The third-order valence-electron chi connectivity index (χ3n) is 5.55. The minimum absolute atomic E-state index is 0.216.